The van der Waals surface area contributed by atoms with Gasteiger partial charge in [0.25, 0.3) is 11.5 Å². The van der Waals surface area contributed by atoms with Crippen molar-refractivity contribution in [2.45, 2.75) is 6.92 Å². The molecule has 0 bridgehead atoms. The van der Waals surface area contributed by atoms with Gasteiger partial charge in [0.15, 0.2) is 5.82 Å². The van der Waals surface area contributed by atoms with E-state index in [1.54, 1.807) is 35.2 Å². The fourth-order valence-electron chi connectivity index (χ4n) is 2.43. The van der Waals surface area contributed by atoms with E-state index < -0.39 is 0 Å². The average Bonchev–Trinajstić information content (AvgIpc) is 2.58. The SMILES string of the molecule is CCN(C(=O)c1ccccc1)c1n[nH]c(=O)c2ccccc12. The number of rotatable bonds is 3. The van der Waals surface area contributed by atoms with Crippen molar-refractivity contribution in [2.24, 2.45) is 0 Å². The Morgan fingerprint density at radius 3 is 2.36 bits per heavy atom. The van der Waals surface area contributed by atoms with Gasteiger partial charge in [-0.25, -0.2) is 5.10 Å². The standard InChI is InChI=1S/C17H15N3O2/c1-2-20(17(22)12-8-4-3-5-9-12)15-13-10-6-7-11-14(13)16(21)19-18-15/h3-11H,2H2,1H3,(H,19,21). The van der Waals surface area contributed by atoms with Gasteiger partial charge in [0.05, 0.1) is 5.39 Å². The lowest BCUT2D eigenvalue weighted by atomic mass is 10.1. The summed E-state index contributed by atoms with van der Waals surface area (Å²) in [7, 11) is 0. The number of hydrogen-bond donors (Lipinski definition) is 1. The third kappa shape index (κ3) is 2.37. The quantitative estimate of drug-likeness (QED) is 0.807. The molecule has 0 saturated heterocycles. The minimum atomic E-state index is -0.262. The summed E-state index contributed by atoms with van der Waals surface area (Å²) < 4.78 is 0. The summed E-state index contributed by atoms with van der Waals surface area (Å²) in [5.41, 5.74) is 0.323. The zero-order valence-corrected chi connectivity index (χ0v) is 12.1. The predicted molar refractivity (Wildman–Crippen MR) is 86.2 cm³/mol. The summed E-state index contributed by atoms with van der Waals surface area (Å²) in [5.74, 6) is 0.319. The lowest BCUT2D eigenvalue weighted by molar-refractivity contribution is 0.0987. The van der Waals surface area contributed by atoms with E-state index in [9.17, 15) is 9.59 Å². The summed E-state index contributed by atoms with van der Waals surface area (Å²) in [6, 6.07) is 16.2. The van der Waals surface area contributed by atoms with Crippen LogP contribution in [0.4, 0.5) is 5.82 Å². The highest BCUT2D eigenvalue weighted by atomic mass is 16.2. The Hall–Kier alpha value is -2.95. The number of aromatic amines is 1. The number of carbonyl (C=O) groups excluding carboxylic acids is 1. The Balaban J connectivity index is 2.14. The van der Waals surface area contributed by atoms with Gasteiger partial charge >= 0.3 is 0 Å². The molecule has 0 unspecified atom stereocenters. The molecule has 22 heavy (non-hydrogen) atoms. The molecular formula is C17H15N3O2. The smallest absolute Gasteiger partial charge is 0.272 e. The Morgan fingerprint density at radius 2 is 1.68 bits per heavy atom. The molecule has 1 N–H and O–H groups in total. The van der Waals surface area contributed by atoms with Crippen LogP contribution in [0.5, 0.6) is 0 Å². The number of fused-ring (bicyclic) bond motifs is 1. The molecule has 0 spiro atoms. The van der Waals surface area contributed by atoms with Crippen LogP contribution < -0.4 is 10.5 Å². The second kappa shape index (κ2) is 5.81. The normalized spacial score (nSPS) is 10.6. The molecule has 0 aliphatic carbocycles. The van der Waals surface area contributed by atoms with Crippen molar-refractivity contribution in [2.75, 3.05) is 11.4 Å². The molecule has 0 fully saturated rings. The Kier molecular flexibility index (Phi) is 3.70. The molecule has 2 aromatic carbocycles. The predicted octanol–water partition coefficient (Wildman–Crippen LogP) is 2.59. The first kappa shape index (κ1) is 14.0. The van der Waals surface area contributed by atoms with Gasteiger partial charge in [-0.05, 0) is 25.1 Å². The molecule has 110 valence electrons. The first-order chi connectivity index (χ1) is 10.7. The van der Waals surface area contributed by atoms with E-state index in [0.29, 0.717) is 28.7 Å². The summed E-state index contributed by atoms with van der Waals surface area (Å²) in [4.78, 5) is 26.1. The van der Waals surface area contributed by atoms with Gasteiger partial charge in [-0.3, -0.25) is 14.5 Å². The van der Waals surface area contributed by atoms with E-state index in [4.69, 9.17) is 0 Å². The number of H-pyrrole nitrogens is 1. The van der Waals surface area contributed by atoms with E-state index in [-0.39, 0.29) is 11.5 Å². The molecule has 0 aliphatic rings. The number of anilines is 1. The van der Waals surface area contributed by atoms with Crippen LogP contribution in [-0.4, -0.2) is 22.6 Å². The van der Waals surface area contributed by atoms with Crippen LogP contribution in [-0.2, 0) is 0 Å². The van der Waals surface area contributed by atoms with Crippen LogP contribution >= 0.6 is 0 Å². The summed E-state index contributed by atoms with van der Waals surface area (Å²) in [6.45, 7) is 2.33. The van der Waals surface area contributed by atoms with Gasteiger partial charge in [-0.1, -0.05) is 36.4 Å². The lowest BCUT2D eigenvalue weighted by Gasteiger charge is -2.21. The highest BCUT2D eigenvalue weighted by Gasteiger charge is 2.20. The highest BCUT2D eigenvalue weighted by Crippen LogP contribution is 2.22. The van der Waals surface area contributed by atoms with Crippen molar-refractivity contribution < 1.29 is 4.79 Å². The van der Waals surface area contributed by atoms with Gasteiger partial charge in [-0.2, -0.15) is 5.10 Å². The Morgan fingerprint density at radius 1 is 1.05 bits per heavy atom. The molecule has 5 heteroatoms. The van der Waals surface area contributed by atoms with E-state index >= 15 is 0 Å². The van der Waals surface area contributed by atoms with Gasteiger partial charge in [0.1, 0.15) is 0 Å². The molecule has 0 radical (unpaired) electrons. The zero-order chi connectivity index (χ0) is 15.5. The number of amides is 1. The minimum absolute atomic E-state index is 0.146. The van der Waals surface area contributed by atoms with E-state index in [0.717, 1.165) is 0 Å². The number of hydrogen-bond acceptors (Lipinski definition) is 3. The maximum atomic E-state index is 12.7. The topological polar surface area (TPSA) is 66.1 Å². The van der Waals surface area contributed by atoms with Gasteiger partial charge in [0, 0.05) is 17.5 Å². The van der Waals surface area contributed by atoms with Crippen LogP contribution in [0.1, 0.15) is 17.3 Å². The fourth-order valence-corrected chi connectivity index (χ4v) is 2.43. The van der Waals surface area contributed by atoms with Crippen molar-refractivity contribution in [1.82, 2.24) is 10.2 Å². The molecule has 1 heterocycles. The third-order valence-corrected chi connectivity index (χ3v) is 3.51. The number of benzene rings is 2. The van der Waals surface area contributed by atoms with Crippen LogP contribution in [0.25, 0.3) is 10.8 Å². The second-order valence-corrected chi connectivity index (χ2v) is 4.84. The molecule has 3 rings (SSSR count). The molecular weight excluding hydrogens is 278 g/mol. The number of aromatic nitrogens is 2. The molecule has 1 aromatic heterocycles. The molecule has 3 aromatic rings. The van der Waals surface area contributed by atoms with Gasteiger partial charge in [0.2, 0.25) is 0 Å². The Labute approximate surface area is 127 Å². The largest absolute Gasteiger partial charge is 0.291 e. The van der Waals surface area contributed by atoms with E-state index in [1.165, 1.54) is 0 Å². The van der Waals surface area contributed by atoms with Gasteiger partial charge < -0.3 is 0 Å². The van der Waals surface area contributed by atoms with Gasteiger partial charge in [-0.15, -0.1) is 0 Å². The molecule has 0 aliphatic heterocycles. The lowest BCUT2D eigenvalue weighted by Crippen LogP contribution is -2.32. The third-order valence-electron chi connectivity index (χ3n) is 3.51. The van der Waals surface area contributed by atoms with E-state index in [1.807, 2.05) is 31.2 Å². The van der Waals surface area contributed by atoms with Crippen LogP contribution in [0.3, 0.4) is 0 Å². The fraction of sp³-hybridized carbons (Fsp3) is 0.118. The maximum absolute atomic E-state index is 12.7. The zero-order valence-electron chi connectivity index (χ0n) is 12.1. The summed E-state index contributed by atoms with van der Waals surface area (Å²) in [5, 5.41) is 7.74. The first-order valence-corrected chi connectivity index (χ1v) is 7.06. The number of nitrogens with one attached hydrogen (secondary N) is 1. The summed E-state index contributed by atoms with van der Waals surface area (Å²) in [6.07, 6.45) is 0. The van der Waals surface area contributed by atoms with Crippen LogP contribution in [0.2, 0.25) is 0 Å². The van der Waals surface area contributed by atoms with Crippen molar-refractivity contribution >= 4 is 22.5 Å². The molecule has 0 atom stereocenters. The maximum Gasteiger partial charge on any atom is 0.272 e. The van der Waals surface area contributed by atoms with Crippen molar-refractivity contribution in [3.8, 4) is 0 Å². The van der Waals surface area contributed by atoms with Crippen molar-refractivity contribution in [3.63, 3.8) is 0 Å². The van der Waals surface area contributed by atoms with E-state index in [2.05, 4.69) is 10.2 Å². The van der Waals surface area contributed by atoms with Crippen LogP contribution in [0, 0.1) is 0 Å². The Bertz CT molecular complexity index is 872. The molecule has 0 saturated carbocycles. The number of nitrogens with zero attached hydrogens (tertiary/aromatic N) is 2. The first-order valence-electron chi connectivity index (χ1n) is 7.06. The average molecular weight is 293 g/mol. The van der Waals surface area contributed by atoms with Crippen LogP contribution in [0.15, 0.2) is 59.4 Å². The highest BCUT2D eigenvalue weighted by molar-refractivity contribution is 6.09. The monoisotopic (exact) mass is 293 g/mol. The minimum Gasteiger partial charge on any atom is -0.291 e. The molecule has 1 amide bonds. The number of carbonyl (C=O) groups is 1. The van der Waals surface area contributed by atoms with Crippen molar-refractivity contribution in [3.05, 3.63) is 70.5 Å². The van der Waals surface area contributed by atoms with Crippen molar-refractivity contribution in [1.29, 1.82) is 0 Å². The molecule has 5 nitrogen and oxygen atoms in total. The second-order valence-electron chi connectivity index (χ2n) is 4.84. The summed E-state index contributed by atoms with van der Waals surface area (Å²) >= 11 is 0.